The molecule has 1 aliphatic rings. The van der Waals surface area contributed by atoms with Crippen LogP contribution in [0.3, 0.4) is 0 Å². The number of halogens is 5. The van der Waals surface area contributed by atoms with E-state index in [1.807, 2.05) is 4.90 Å². The quantitative estimate of drug-likeness (QED) is 0.315. The highest BCUT2D eigenvalue weighted by Crippen LogP contribution is 2.39. The number of hydrogen-bond acceptors (Lipinski definition) is 6. The Balaban J connectivity index is 1.86. The van der Waals surface area contributed by atoms with E-state index in [4.69, 9.17) is 16.6 Å². The first-order chi connectivity index (χ1) is 19.0. The largest absolute Gasteiger partial charge is 0.435 e. The molecule has 0 bridgehead atoms. The van der Waals surface area contributed by atoms with Crippen molar-refractivity contribution in [2.75, 3.05) is 43.0 Å². The van der Waals surface area contributed by atoms with E-state index in [-0.39, 0.29) is 28.7 Å². The number of carbonyl (C=O) groups excluding carboxylic acids is 1. The van der Waals surface area contributed by atoms with Crippen molar-refractivity contribution in [1.82, 2.24) is 10.3 Å². The molecule has 0 saturated carbocycles. The molecule has 1 amide bonds. The van der Waals surface area contributed by atoms with E-state index in [0.29, 0.717) is 35.2 Å². The van der Waals surface area contributed by atoms with E-state index in [9.17, 15) is 22.4 Å². The van der Waals surface area contributed by atoms with Gasteiger partial charge >= 0.3 is 13.2 Å². The highest BCUT2D eigenvalue weighted by Gasteiger charge is 2.37. The number of rotatable bonds is 9. The molecule has 2 heterocycles. The van der Waals surface area contributed by atoms with Gasteiger partial charge in [-0.1, -0.05) is 29.8 Å². The number of para-hydroxylation sites is 1. The number of anilines is 2. The van der Waals surface area contributed by atoms with Crippen molar-refractivity contribution in [3.63, 3.8) is 0 Å². The molecule has 1 saturated heterocycles. The van der Waals surface area contributed by atoms with Crippen LogP contribution >= 0.6 is 11.6 Å². The van der Waals surface area contributed by atoms with Gasteiger partial charge in [0.05, 0.1) is 21.8 Å². The second-order valence-electron chi connectivity index (χ2n) is 9.69. The number of pyridine rings is 1. The van der Waals surface area contributed by atoms with Gasteiger partial charge in [-0.3, -0.25) is 4.79 Å². The standard InChI is InChI=1S/C28H29ClF4N4O3/c1-28(2,25(38)36(3)22-7-5-4-6-21(22)29)20-8-9-23(37-12-10-34-11-13-37)35-24(20)17-14-18(39-26(30)31)16-19(15-17)40-27(32)33/h4-9,14-16,26-27,34H,10-13H2,1-3H3. The average Bonchev–Trinajstić information content (AvgIpc) is 2.91. The molecule has 7 nitrogen and oxygen atoms in total. The fourth-order valence-corrected chi connectivity index (χ4v) is 4.92. The summed E-state index contributed by atoms with van der Waals surface area (Å²) in [5.74, 6) is -0.524. The number of carbonyl (C=O) groups is 1. The third kappa shape index (κ3) is 6.59. The molecule has 2 aromatic carbocycles. The first-order valence-electron chi connectivity index (χ1n) is 12.5. The van der Waals surface area contributed by atoms with Crippen molar-refractivity contribution in [3.05, 3.63) is 65.2 Å². The molecule has 0 atom stereocenters. The molecule has 214 valence electrons. The molecule has 12 heteroatoms. The van der Waals surface area contributed by atoms with Crippen molar-refractivity contribution in [1.29, 1.82) is 0 Å². The Morgan fingerprint density at radius 1 is 1.00 bits per heavy atom. The maximum Gasteiger partial charge on any atom is 0.387 e. The summed E-state index contributed by atoms with van der Waals surface area (Å²) in [4.78, 5) is 22.2. The van der Waals surface area contributed by atoms with E-state index < -0.39 is 18.6 Å². The first-order valence-corrected chi connectivity index (χ1v) is 12.9. The molecule has 0 spiro atoms. The van der Waals surface area contributed by atoms with Gasteiger partial charge in [0.2, 0.25) is 5.91 Å². The molecule has 1 N–H and O–H groups in total. The average molecular weight is 581 g/mol. The topological polar surface area (TPSA) is 66.9 Å². The number of ether oxygens (including phenoxy) is 2. The summed E-state index contributed by atoms with van der Waals surface area (Å²) < 4.78 is 61.5. The van der Waals surface area contributed by atoms with Gasteiger partial charge in [-0.15, -0.1) is 0 Å². The van der Waals surface area contributed by atoms with Crippen LogP contribution in [0.2, 0.25) is 5.02 Å². The van der Waals surface area contributed by atoms with E-state index in [0.717, 1.165) is 19.2 Å². The van der Waals surface area contributed by atoms with E-state index in [1.54, 1.807) is 57.3 Å². The molecule has 40 heavy (non-hydrogen) atoms. The normalized spacial score (nSPS) is 14.0. The zero-order valence-corrected chi connectivity index (χ0v) is 22.9. The predicted molar refractivity (Wildman–Crippen MR) is 146 cm³/mol. The number of nitrogens with zero attached hydrogens (tertiary/aromatic N) is 3. The van der Waals surface area contributed by atoms with Crippen molar-refractivity contribution >= 4 is 29.0 Å². The summed E-state index contributed by atoms with van der Waals surface area (Å²) in [5, 5.41) is 3.64. The van der Waals surface area contributed by atoms with Crippen LogP contribution in [0.1, 0.15) is 19.4 Å². The summed E-state index contributed by atoms with van der Waals surface area (Å²) in [6.45, 7) is -0.207. The Bertz CT molecular complexity index is 1320. The molecule has 0 unspecified atom stereocenters. The van der Waals surface area contributed by atoms with Crippen LogP contribution in [0, 0.1) is 0 Å². The van der Waals surface area contributed by atoms with Crippen LogP contribution in [0.4, 0.5) is 29.1 Å². The molecular formula is C28H29ClF4N4O3. The highest BCUT2D eigenvalue weighted by molar-refractivity contribution is 6.33. The monoisotopic (exact) mass is 580 g/mol. The summed E-state index contributed by atoms with van der Waals surface area (Å²) in [5.41, 5.74) is 0.117. The minimum Gasteiger partial charge on any atom is -0.435 e. The van der Waals surface area contributed by atoms with Gasteiger partial charge in [-0.25, -0.2) is 4.98 Å². The van der Waals surface area contributed by atoms with Gasteiger partial charge in [0, 0.05) is 44.9 Å². The van der Waals surface area contributed by atoms with Crippen molar-refractivity contribution in [3.8, 4) is 22.8 Å². The van der Waals surface area contributed by atoms with Gasteiger partial charge in [0.1, 0.15) is 17.3 Å². The summed E-state index contributed by atoms with van der Waals surface area (Å²) in [6, 6.07) is 13.9. The summed E-state index contributed by atoms with van der Waals surface area (Å²) in [7, 11) is 1.60. The number of amides is 1. The van der Waals surface area contributed by atoms with Gasteiger partial charge in [-0.05, 0) is 49.7 Å². The Kier molecular flexibility index (Phi) is 9.05. The zero-order chi connectivity index (χ0) is 29.0. The number of aromatic nitrogens is 1. The maximum absolute atomic E-state index is 13.9. The number of likely N-dealkylation sites (N-methyl/N-ethyl adjacent to an activating group) is 1. The zero-order valence-electron chi connectivity index (χ0n) is 22.1. The highest BCUT2D eigenvalue weighted by atomic mass is 35.5. The Labute approximate surface area is 234 Å². The number of nitrogens with one attached hydrogen (secondary N) is 1. The molecule has 1 aliphatic heterocycles. The number of alkyl halides is 4. The summed E-state index contributed by atoms with van der Waals surface area (Å²) >= 11 is 6.34. The van der Waals surface area contributed by atoms with Crippen LogP contribution in [-0.4, -0.2) is 57.3 Å². The minimum atomic E-state index is -3.20. The predicted octanol–water partition coefficient (Wildman–Crippen LogP) is 5.96. The van der Waals surface area contributed by atoms with Crippen LogP contribution in [-0.2, 0) is 10.2 Å². The van der Waals surface area contributed by atoms with Gasteiger partial charge < -0.3 is 24.6 Å². The van der Waals surface area contributed by atoms with Crippen LogP contribution in [0.15, 0.2) is 54.6 Å². The molecular weight excluding hydrogens is 552 g/mol. The van der Waals surface area contributed by atoms with Crippen molar-refractivity contribution in [2.24, 2.45) is 0 Å². The second kappa shape index (κ2) is 12.3. The lowest BCUT2D eigenvalue weighted by Crippen LogP contribution is -2.44. The maximum atomic E-state index is 13.9. The van der Waals surface area contributed by atoms with Gasteiger partial charge in [-0.2, -0.15) is 17.6 Å². The molecule has 1 fully saturated rings. The third-order valence-electron chi connectivity index (χ3n) is 6.65. The molecule has 3 aromatic rings. The second-order valence-corrected chi connectivity index (χ2v) is 10.1. The van der Waals surface area contributed by atoms with Crippen LogP contribution < -0.4 is 24.6 Å². The fraction of sp³-hybridized carbons (Fsp3) is 0.357. The van der Waals surface area contributed by atoms with E-state index in [1.165, 1.54) is 17.0 Å². The summed E-state index contributed by atoms with van der Waals surface area (Å²) in [6.07, 6.45) is 0. The van der Waals surface area contributed by atoms with Crippen molar-refractivity contribution < 1.29 is 31.8 Å². The lowest BCUT2D eigenvalue weighted by atomic mass is 9.80. The fourth-order valence-electron chi connectivity index (χ4n) is 4.66. The van der Waals surface area contributed by atoms with Gasteiger partial charge in [0.15, 0.2) is 0 Å². The van der Waals surface area contributed by atoms with Crippen LogP contribution in [0.5, 0.6) is 11.5 Å². The Hall–Kier alpha value is -3.57. The molecule has 0 radical (unpaired) electrons. The Morgan fingerprint density at radius 2 is 1.60 bits per heavy atom. The van der Waals surface area contributed by atoms with E-state index in [2.05, 4.69) is 14.8 Å². The third-order valence-corrected chi connectivity index (χ3v) is 6.97. The minimum absolute atomic E-state index is 0.169. The van der Waals surface area contributed by atoms with Gasteiger partial charge in [0.25, 0.3) is 0 Å². The lowest BCUT2D eigenvalue weighted by molar-refractivity contribution is -0.122. The van der Waals surface area contributed by atoms with E-state index >= 15 is 0 Å². The Morgan fingerprint density at radius 3 is 2.17 bits per heavy atom. The first kappa shape index (κ1) is 29.4. The molecule has 0 aliphatic carbocycles. The van der Waals surface area contributed by atoms with Crippen molar-refractivity contribution in [2.45, 2.75) is 32.5 Å². The smallest absolute Gasteiger partial charge is 0.387 e. The lowest BCUT2D eigenvalue weighted by Gasteiger charge is -2.33. The number of hydrogen-bond donors (Lipinski definition) is 1. The molecule has 4 rings (SSSR count). The number of benzene rings is 2. The SMILES string of the molecule is CN(C(=O)C(C)(C)c1ccc(N2CCNCC2)nc1-c1cc(OC(F)F)cc(OC(F)F)c1)c1ccccc1Cl. The van der Waals surface area contributed by atoms with Crippen LogP contribution in [0.25, 0.3) is 11.3 Å². The number of piperazine rings is 1. The molecule has 1 aromatic heterocycles.